The van der Waals surface area contributed by atoms with Crippen molar-refractivity contribution in [2.45, 2.75) is 0 Å². The molecule has 4 nitrogen and oxygen atoms in total. The summed E-state index contributed by atoms with van der Waals surface area (Å²) >= 11 is 0. The van der Waals surface area contributed by atoms with Gasteiger partial charge in [-0.1, -0.05) is 212 Å². The first-order valence-corrected chi connectivity index (χ1v) is 28.5. The highest BCUT2D eigenvalue weighted by molar-refractivity contribution is 6.30. The molecule has 0 spiro atoms. The van der Waals surface area contributed by atoms with Gasteiger partial charge in [-0.3, -0.25) is 0 Å². The van der Waals surface area contributed by atoms with Gasteiger partial charge in [-0.05, 0) is 171 Å². The molecule has 0 unspecified atom stereocenters. The zero-order valence-electron chi connectivity index (χ0n) is 45.3. The fourth-order valence-electron chi connectivity index (χ4n) is 14.0. The van der Waals surface area contributed by atoms with Gasteiger partial charge in [-0.15, -0.1) is 0 Å². The quantitative estimate of drug-likeness (QED) is 0.0849. The van der Waals surface area contributed by atoms with Gasteiger partial charge < -0.3 is 9.13 Å². The second-order valence-electron chi connectivity index (χ2n) is 22.0. The van der Waals surface area contributed by atoms with Crippen LogP contribution in [0.2, 0.25) is 0 Å². The van der Waals surface area contributed by atoms with Crippen molar-refractivity contribution in [1.82, 2.24) is 9.13 Å². The van der Waals surface area contributed by atoms with E-state index in [-0.39, 0.29) is 0 Å². The van der Waals surface area contributed by atoms with Crippen LogP contribution in [0, 0.1) is 17.9 Å². The molecule has 0 amide bonds. The first-order chi connectivity index (χ1) is 41.6. The lowest BCUT2D eigenvalue weighted by molar-refractivity contribution is 1.18. The number of aromatic nitrogens is 2. The SMILES string of the molecule is [C-]#[N+]c1ccc2c3c1ccc1c(-c4ccc5c(-c6ccc(-c7ccccc7)cc6)c6cc(-c7ccc8c9c7ccc7c(C#N)ccc(c79)n8-c7ccccc7)ccc6c(-c6ccc(-c7ccccc7)cc6)c5c4)ccc(c13)n2-c1ccccc1. The molecule has 0 aliphatic rings. The minimum absolute atomic E-state index is 0.658. The topological polar surface area (TPSA) is 38.0 Å². The minimum atomic E-state index is 0.658. The molecule has 0 saturated heterocycles. The monoisotopic (exact) mass is 1060 g/mol. The Kier molecular flexibility index (Phi) is 10.4. The van der Waals surface area contributed by atoms with Crippen molar-refractivity contribution in [3.05, 3.63) is 296 Å². The summed E-state index contributed by atoms with van der Waals surface area (Å²) in [6, 6.07) is 103. The van der Waals surface area contributed by atoms with Gasteiger partial charge in [0.1, 0.15) is 0 Å². The molecule has 0 saturated carbocycles. The maximum Gasteiger partial charge on any atom is 0.195 e. The molecule has 0 atom stereocenters. The van der Waals surface area contributed by atoms with E-state index in [4.69, 9.17) is 6.57 Å². The number of rotatable bonds is 8. The Morgan fingerprint density at radius 2 is 0.631 bits per heavy atom. The zero-order chi connectivity index (χ0) is 55.6. The second kappa shape index (κ2) is 18.5. The highest BCUT2D eigenvalue weighted by Gasteiger charge is 2.25. The molecule has 0 bridgehead atoms. The van der Waals surface area contributed by atoms with Crippen LogP contribution >= 0.6 is 0 Å². The third kappa shape index (κ3) is 6.99. The first-order valence-electron chi connectivity index (χ1n) is 28.5. The first kappa shape index (κ1) is 47.3. The molecule has 0 aliphatic carbocycles. The van der Waals surface area contributed by atoms with E-state index in [9.17, 15) is 5.26 Å². The van der Waals surface area contributed by atoms with Crippen molar-refractivity contribution in [3.63, 3.8) is 0 Å². The average molecular weight is 1060 g/mol. The standard InChI is InChI=1S/C80H46N4/c1-82-70-41-45-74-80-67(70)38-37-64-61(40-44-73(79(64)80)84(74)59-20-12-5-13-21-59)56-31-34-66-69(47-56)76(54-28-24-52(25-29-54)50-16-8-3-9-17-50)65-33-30-55(46-68(65)75(66)53-26-22-51(23-27-53)49-14-6-2-7-15-49)60-39-43-72-78-63(60)36-35-62-57(48-81)32-42-71(77(62)78)83(72)58-18-10-4-11-19-58/h2-47H. The fourth-order valence-corrected chi connectivity index (χ4v) is 14.0. The van der Waals surface area contributed by atoms with Crippen LogP contribution in [0.4, 0.5) is 5.69 Å². The second-order valence-corrected chi connectivity index (χ2v) is 22.0. The van der Waals surface area contributed by atoms with Crippen LogP contribution in [0.15, 0.2) is 279 Å². The molecule has 2 heterocycles. The summed E-state index contributed by atoms with van der Waals surface area (Å²) in [5, 5.41) is 23.8. The number of nitriles is 1. The van der Waals surface area contributed by atoms with Crippen LogP contribution in [-0.4, -0.2) is 9.13 Å². The highest BCUT2D eigenvalue weighted by Crippen LogP contribution is 2.51. The normalized spacial score (nSPS) is 11.8. The lowest BCUT2D eigenvalue weighted by Crippen LogP contribution is -1.94. The Balaban J connectivity index is 0.946. The molecule has 0 aliphatic heterocycles. The summed E-state index contributed by atoms with van der Waals surface area (Å²) in [6.07, 6.45) is 0. The van der Waals surface area contributed by atoms with Gasteiger partial charge in [0, 0.05) is 38.3 Å². The smallest absolute Gasteiger partial charge is 0.195 e. The largest absolute Gasteiger partial charge is 0.309 e. The summed E-state index contributed by atoms with van der Waals surface area (Å²) < 4.78 is 4.70. The van der Waals surface area contributed by atoms with E-state index in [2.05, 4.69) is 287 Å². The molecule has 4 heteroatoms. The van der Waals surface area contributed by atoms with Crippen molar-refractivity contribution in [2.24, 2.45) is 0 Å². The van der Waals surface area contributed by atoms with E-state index in [1.165, 1.54) is 22.3 Å². The summed E-state index contributed by atoms with van der Waals surface area (Å²) in [4.78, 5) is 4.01. The van der Waals surface area contributed by atoms with Gasteiger partial charge in [-0.25, -0.2) is 4.85 Å². The maximum absolute atomic E-state index is 10.4. The molecule has 84 heavy (non-hydrogen) atoms. The number of hydrogen-bond acceptors (Lipinski definition) is 1. The number of benzene rings is 15. The van der Waals surface area contributed by atoms with Crippen molar-refractivity contribution >= 4 is 92.4 Å². The number of fused-ring (bicyclic) bond motifs is 2. The fraction of sp³-hybridized carbons (Fsp3) is 0. The summed E-state index contributed by atoms with van der Waals surface area (Å²) in [7, 11) is 0. The van der Waals surface area contributed by atoms with Crippen LogP contribution in [0.3, 0.4) is 0 Å². The molecule has 0 fully saturated rings. The van der Waals surface area contributed by atoms with Gasteiger partial charge in [0.25, 0.3) is 0 Å². The highest BCUT2D eigenvalue weighted by atomic mass is 15.0. The Hall–Kier alpha value is -11.6. The number of hydrogen-bond donors (Lipinski definition) is 0. The van der Waals surface area contributed by atoms with Crippen LogP contribution in [0.5, 0.6) is 0 Å². The zero-order valence-corrected chi connectivity index (χ0v) is 45.3. The molecule has 17 rings (SSSR count). The number of para-hydroxylation sites is 2. The van der Waals surface area contributed by atoms with Crippen LogP contribution < -0.4 is 0 Å². The third-order valence-corrected chi connectivity index (χ3v) is 17.7. The maximum atomic E-state index is 10.4. The molecular formula is C80H46N4. The van der Waals surface area contributed by atoms with Crippen molar-refractivity contribution in [1.29, 1.82) is 5.26 Å². The van der Waals surface area contributed by atoms with Crippen LogP contribution in [0.25, 0.3) is 170 Å². The predicted molar refractivity (Wildman–Crippen MR) is 351 cm³/mol. The van der Waals surface area contributed by atoms with Gasteiger partial charge in [0.15, 0.2) is 5.69 Å². The van der Waals surface area contributed by atoms with Crippen molar-refractivity contribution < 1.29 is 0 Å². The lowest BCUT2D eigenvalue weighted by atomic mass is 9.82. The van der Waals surface area contributed by atoms with Gasteiger partial charge in [0.05, 0.1) is 40.3 Å². The minimum Gasteiger partial charge on any atom is -0.309 e. The lowest BCUT2D eigenvalue weighted by Gasteiger charge is -2.21. The third-order valence-electron chi connectivity index (χ3n) is 17.7. The Labute approximate surface area is 484 Å². The predicted octanol–water partition coefficient (Wildman–Crippen LogP) is 21.8. The Morgan fingerprint density at radius 3 is 1.08 bits per heavy atom. The Morgan fingerprint density at radius 1 is 0.286 bits per heavy atom. The average Bonchev–Trinajstić information content (AvgIpc) is 2.24. The van der Waals surface area contributed by atoms with Crippen molar-refractivity contribution in [3.8, 4) is 84.2 Å². The van der Waals surface area contributed by atoms with Crippen molar-refractivity contribution in [2.75, 3.05) is 0 Å². The molecular weight excluding hydrogens is 1020 g/mol. The molecule has 2 aromatic heterocycles. The number of nitrogens with zero attached hydrogens (tertiary/aromatic N) is 4. The molecule has 0 N–H and O–H groups in total. The van der Waals surface area contributed by atoms with E-state index in [0.717, 1.165) is 143 Å². The molecule has 0 radical (unpaired) electrons. The summed E-state index contributed by atoms with van der Waals surface area (Å²) in [5.74, 6) is 0. The molecule has 17 aromatic rings. The van der Waals surface area contributed by atoms with E-state index in [0.29, 0.717) is 11.3 Å². The van der Waals surface area contributed by atoms with Gasteiger partial charge in [0.2, 0.25) is 0 Å². The van der Waals surface area contributed by atoms with E-state index >= 15 is 0 Å². The van der Waals surface area contributed by atoms with Crippen LogP contribution in [0.1, 0.15) is 5.56 Å². The molecule has 386 valence electrons. The van der Waals surface area contributed by atoms with Gasteiger partial charge >= 0.3 is 0 Å². The van der Waals surface area contributed by atoms with E-state index in [1.807, 2.05) is 12.1 Å². The Bertz CT molecular complexity index is 5220. The van der Waals surface area contributed by atoms with Gasteiger partial charge in [-0.2, -0.15) is 5.26 Å². The molecule has 15 aromatic carbocycles. The van der Waals surface area contributed by atoms with E-state index in [1.54, 1.807) is 0 Å². The van der Waals surface area contributed by atoms with E-state index < -0.39 is 0 Å². The van der Waals surface area contributed by atoms with Crippen LogP contribution in [-0.2, 0) is 0 Å². The summed E-state index contributed by atoms with van der Waals surface area (Å²) in [6.45, 7) is 8.19. The summed E-state index contributed by atoms with van der Waals surface area (Å²) in [5.41, 5.74) is 21.7.